The van der Waals surface area contributed by atoms with Gasteiger partial charge in [0.2, 0.25) is 0 Å². The molecule has 10 heteroatoms. The van der Waals surface area contributed by atoms with Gasteiger partial charge >= 0.3 is 5.97 Å². The summed E-state index contributed by atoms with van der Waals surface area (Å²) in [6.07, 6.45) is -1.00. The second-order valence-electron chi connectivity index (χ2n) is 6.79. The van der Waals surface area contributed by atoms with Crippen molar-refractivity contribution in [3.63, 3.8) is 0 Å². The fraction of sp³-hybridized carbons (Fsp3) is 0.286. The van der Waals surface area contributed by atoms with E-state index in [-0.39, 0.29) is 17.2 Å². The molecule has 31 heavy (non-hydrogen) atoms. The van der Waals surface area contributed by atoms with E-state index in [1.807, 2.05) is 11.9 Å². The molecule has 2 aromatic rings. The van der Waals surface area contributed by atoms with Crippen molar-refractivity contribution in [3.05, 3.63) is 47.0 Å². The number of carboxylic acids is 1. The minimum absolute atomic E-state index is 0.0500. The molecule has 1 heterocycles. The van der Waals surface area contributed by atoms with Gasteiger partial charge in [-0.3, -0.25) is 4.72 Å². The number of carboxylic acid groups (broad SMARTS) is 1. The third kappa shape index (κ3) is 5.61. The molecule has 1 aliphatic heterocycles. The van der Waals surface area contributed by atoms with Gasteiger partial charge in [-0.15, -0.1) is 0 Å². The minimum Gasteiger partial charge on any atom is -0.490 e. The Morgan fingerprint density at radius 3 is 2.87 bits per heavy atom. The van der Waals surface area contributed by atoms with Crippen LogP contribution in [0.4, 0.5) is 11.4 Å². The lowest BCUT2D eigenvalue weighted by molar-refractivity contribution is -0.148. The number of likely N-dealkylation sites (N-methyl/N-ethyl adjacent to an activating group) is 1. The number of nitrogens with one attached hydrogen (secondary N) is 1. The average Bonchev–Trinajstić information content (AvgIpc) is 2.72. The highest BCUT2D eigenvalue weighted by molar-refractivity contribution is 7.92. The third-order valence-corrected chi connectivity index (χ3v) is 6.14. The lowest BCUT2D eigenvalue weighted by Crippen LogP contribution is -2.29. The Morgan fingerprint density at radius 2 is 2.13 bits per heavy atom. The van der Waals surface area contributed by atoms with Crippen LogP contribution in [0.1, 0.15) is 12.5 Å². The number of hydrogen-bond acceptors (Lipinski definition) is 6. The summed E-state index contributed by atoms with van der Waals surface area (Å²) in [6, 6.07) is 9.25. The largest absolute Gasteiger partial charge is 0.490 e. The van der Waals surface area contributed by atoms with Crippen LogP contribution in [0.15, 0.2) is 41.3 Å². The van der Waals surface area contributed by atoms with E-state index in [0.717, 1.165) is 12.2 Å². The maximum Gasteiger partial charge on any atom is 0.332 e. The van der Waals surface area contributed by atoms with Gasteiger partial charge in [0.25, 0.3) is 10.0 Å². The van der Waals surface area contributed by atoms with Crippen LogP contribution in [-0.2, 0) is 19.6 Å². The van der Waals surface area contributed by atoms with E-state index in [9.17, 15) is 13.2 Å². The van der Waals surface area contributed by atoms with Crippen LogP contribution in [0.25, 0.3) is 0 Å². The van der Waals surface area contributed by atoms with E-state index in [4.69, 9.17) is 26.2 Å². The van der Waals surface area contributed by atoms with Gasteiger partial charge in [0, 0.05) is 18.1 Å². The molecule has 0 aliphatic carbocycles. The van der Waals surface area contributed by atoms with E-state index in [1.165, 1.54) is 31.2 Å². The summed E-state index contributed by atoms with van der Waals surface area (Å²) in [5.74, 6) is 4.84. The molecule has 0 saturated heterocycles. The lowest BCUT2D eigenvalue weighted by atomic mass is 10.2. The van der Waals surface area contributed by atoms with Crippen molar-refractivity contribution in [2.45, 2.75) is 17.9 Å². The Hall–Kier alpha value is -2.93. The summed E-state index contributed by atoms with van der Waals surface area (Å²) in [5.41, 5.74) is 1.38. The number of nitrogens with zero attached hydrogens (tertiary/aromatic N) is 1. The predicted molar refractivity (Wildman–Crippen MR) is 117 cm³/mol. The molecule has 0 radical (unpaired) electrons. The van der Waals surface area contributed by atoms with Gasteiger partial charge in [-0.25, -0.2) is 13.2 Å². The molecular formula is C21H21ClN2O6S. The highest BCUT2D eigenvalue weighted by Gasteiger charge is 2.21. The summed E-state index contributed by atoms with van der Waals surface area (Å²) in [6.45, 7) is 2.45. The molecule has 0 aromatic heterocycles. The summed E-state index contributed by atoms with van der Waals surface area (Å²) in [4.78, 5) is 12.8. The molecule has 2 aromatic carbocycles. The van der Waals surface area contributed by atoms with Gasteiger partial charge in [0.15, 0.2) is 6.10 Å². The molecule has 2 N–H and O–H groups in total. The summed E-state index contributed by atoms with van der Waals surface area (Å²) in [7, 11) is -2.01. The predicted octanol–water partition coefficient (Wildman–Crippen LogP) is 2.81. The average molecular weight is 465 g/mol. The van der Waals surface area contributed by atoms with Crippen molar-refractivity contribution >= 4 is 39.0 Å². The molecule has 8 nitrogen and oxygen atoms in total. The molecule has 164 valence electrons. The highest BCUT2D eigenvalue weighted by Crippen LogP contribution is 2.33. The zero-order valence-corrected chi connectivity index (χ0v) is 18.5. The van der Waals surface area contributed by atoms with Crippen LogP contribution in [-0.4, -0.2) is 52.4 Å². The third-order valence-electron chi connectivity index (χ3n) is 4.54. The summed E-state index contributed by atoms with van der Waals surface area (Å²) >= 11 is 6.03. The Kier molecular flexibility index (Phi) is 6.95. The molecule has 1 unspecified atom stereocenters. The van der Waals surface area contributed by atoms with Crippen molar-refractivity contribution < 1.29 is 27.8 Å². The zero-order chi connectivity index (χ0) is 22.6. The van der Waals surface area contributed by atoms with Crippen LogP contribution >= 0.6 is 11.6 Å². The van der Waals surface area contributed by atoms with E-state index >= 15 is 0 Å². The molecule has 3 rings (SSSR count). The van der Waals surface area contributed by atoms with Crippen molar-refractivity contribution in [3.8, 4) is 17.6 Å². The SMILES string of the molecule is CC(OCC#Cc1cc(Cl)ccc1NS(=O)(=O)c1ccc2c(c1)OCCN2C)C(=O)O. The molecule has 0 fully saturated rings. The fourth-order valence-corrected chi connectivity index (χ4v) is 4.05. The van der Waals surface area contributed by atoms with E-state index in [2.05, 4.69) is 16.6 Å². The topological polar surface area (TPSA) is 105 Å². The number of fused-ring (bicyclic) bond motifs is 1. The Balaban J connectivity index is 1.83. The number of carbonyl (C=O) groups is 1. The van der Waals surface area contributed by atoms with Gasteiger partial charge in [-0.05, 0) is 37.3 Å². The van der Waals surface area contributed by atoms with Crippen molar-refractivity contribution in [2.24, 2.45) is 0 Å². The van der Waals surface area contributed by atoms with E-state index < -0.39 is 22.1 Å². The van der Waals surface area contributed by atoms with E-state index in [1.54, 1.807) is 12.1 Å². The number of rotatable bonds is 6. The van der Waals surface area contributed by atoms with Crippen molar-refractivity contribution in [2.75, 3.05) is 36.4 Å². The first kappa shape index (κ1) is 22.7. The molecule has 0 saturated carbocycles. The maximum absolute atomic E-state index is 12.9. The lowest BCUT2D eigenvalue weighted by Gasteiger charge is -2.27. The molecule has 0 spiro atoms. The number of sulfonamides is 1. The highest BCUT2D eigenvalue weighted by atomic mass is 35.5. The van der Waals surface area contributed by atoms with Crippen molar-refractivity contribution in [1.82, 2.24) is 0 Å². The summed E-state index contributed by atoms with van der Waals surface area (Å²) in [5, 5.41) is 9.20. The van der Waals surface area contributed by atoms with Crippen molar-refractivity contribution in [1.29, 1.82) is 0 Å². The first-order valence-corrected chi connectivity index (χ1v) is 11.2. The number of benzene rings is 2. The van der Waals surface area contributed by atoms with Gasteiger partial charge in [-0.1, -0.05) is 23.4 Å². The molecule has 1 aliphatic rings. The smallest absolute Gasteiger partial charge is 0.332 e. The monoisotopic (exact) mass is 464 g/mol. The Morgan fingerprint density at radius 1 is 1.35 bits per heavy atom. The standard InChI is InChI=1S/C21H21ClN2O6S/c1-14(21(25)26)29-10-3-4-15-12-16(22)5-7-18(15)23-31(27,28)17-6-8-19-20(13-17)30-11-9-24(19)2/h5-8,12-14,23H,9-11H2,1-2H3,(H,25,26). The number of aliphatic carboxylic acids is 1. The van der Waals surface area contributed by atoms with Crippen LogP contribution in [0, 0.1) is 11.8 Å². The second kappa shape index (κ2) is 9.47. The second-order valence-corrected chi connectivity index (χ2v) is 8.91. The van der Waals surface area contributed by atoms with Gasteiger partial charge in [0.1, 0.15) is 19.0 Å². The van der Waals surface area contributed by atoms with Gasteiger partial charge in [-0.2, -0.15) is 0 Å². The van der Waals surface area contributed by atoms with Gasteiger partial charge < -0.3 is 19.5 Å². The Bertz CT molecular complexity index is 1160. The van der Waals surface area contributed by atoms with Crippen LogP contribution in [0.2, 0.25) is 5.02 Å². The Labute approximate surface area is 185 Å². The van der Waals surface area contributed by atoms with Crippen LogP contribution in [0.3, 0.4) is 0 Å². The molecule has 0 bridgehead atoms. The first-order valence-electron chi connectivity index (χ1n) is 9.31. The fourth-order valence-electron chi connectivity index (χ4n) is 2.79. The summed E-state index contributed by atoms with van der Waals surface area (Å²) < 4.78 is 39.1. The molecular weight excluding hydrogens is 444 g/mol. The van der Waals surface area contributed by atoms with Gasteiger partial charge in [0.05, 0.1) is 28.4 Å². The van der Waals surface area contributed by atoms with E-state index in [0.29, 0.717) is 22.9 Å². The zero-order valence-electron chi connectivity index (χ0n) is 16.9. The van der Waals surface area contributed by atoms with Crippen LogP contribution in [0.5, 0.6) is 5.75 Å². The maximum atomic E-state index is 12.9. The number of halogens is 1. The number of hydrogen-bond donors (Lipinski definition) is 2. The molecule has 0 amide bonds. The molecule has 1 atom stereocenters. The quantitative estimate of drug-likeness (QED) is 0.633. The normalized spacial score (nSPS) is 14.0. The first-order chi connectivity index (χ1) is 14.7. The number of anilines is 2. The van der Waals surface area contributed by atoms with Crippen LogP contribution < -0.4 is 14.4 Å². The minimum atomic E-state index is -3.92. The number of ether oxygens (including phenoxy) is 2.